The number of ketones is 1. The molecule has 0 spiro atoms. The second-order valence-corrected chi connectivity index (χ2v) is 8.92. The lowest BCUT2D eigenvalue weighted by Crippen LogP contribution is -2.39. The van der Waals surface area contributed by atoms with Crippen LogP contribution >= 0.6 is 0 Å². The fraction of sp³-hybridized carbons (Fsp3) is 0.429. The molecule has 2 aromatic rings. The molecule has 0 aliphatic carbocycles. The van der Waals surface area contributed by atoms with Crippen molar-refractivity contribution in [3.63, 3.8) is 0 Å². The molecule has 36 heavy (non-hydrogen) atoms. The zero-order valence-corrected chi connectivity index (χ0v) is 20.9. The Bertz CT molecular complexity index is 1090. The van der Waals surface area contributed by atoms with Gasteiger partial charge < -0.3 is 24.2 Å². The Kier molecular flexibility index (Phi) is 8.61. The number of methoxy groups -OCH3 is 1. The number of hydrogen-bond acceptors (Lipinski definition) is 7. The van der Waals surface area contributed by atoms with Crippen LogP contribution in [-0.2, 0) is 14.3 Å². The molecule has 0 radical (unpaired) electrons. The van der Waals surface area contributed by atoms with Gasteiger partial charge in [-0.1, -0.05) is 43.3 Å². The van der Waals surface area contributed by atoms with Gasteiger partial charge >= 0.3 is 0 Å². The zero-order chi connectivity index (χ0) is 25.5. The van der Waals surface area contributed by atoms with E-state index in [0.29, 0.717) is 55.4 Å². The summed E-state index contributed by atoms with van der Waals surface area (Å²) in [4.78, 5) is 30.3. The molecule has 0 aromatic heterocycles. The van der Waals surface area contributed by atoms with Gasteiger partial charge in [0.2, 0.25) is 0 Å². The van der Waals surface area contributed by atoms with E-state index in [4.69, 9.17) is 14.2 Å². The van der Waals surface area contributed by atoms with Crippen molar-refractivity contribution in [3.05, 3.63) is 65.2 Å². The minimum atomic E-state index is -0.732. The quantitative estimate of drug-likeness (QED) is 0.307. The maximum absolute atomic E-state index is 13.2. The van der Waals surface area contributed by atoms with Gasteiger partial charge in [0.25, 0.3) is 11.7 Å². The van der Waals surface area contributed by atoms with Crippen molar-refractivity contribution >= 4 is 17.4 Å². The Morgan fingerprint density at radius 2 is 1.81 bits per heavy atom. The molecule has 2 aliphatic rings. The van der Waals surface area contributed by atoms with Crippen molar-refractivity contribution in [3.8, 4) is 11.5 Å². The largest absolute Gasteiger partial charge is 0.507 e. The first kappa shape index (κ1) is 25.7. The molecular formula is C28H34N2O6. The smallest absolute Gasteiger partial charge is 0.295 e. The number of likely N-dealkylation sites (tertiary alicyclic amines) is 1. The van der Waals surface area contributed by atoms with Crippen LogP contribution in [0.5, 0.6) is 11.5 Å². The summed E-state index contributed by atoms with van der Waals surface area (Å²) >= 11 is 0. The van der Waals surface area contributed by atoms with E-state index >= 15 is 0 Å². The topological polar surface area (TPSA) is 88.5 Å². The van der Waals surface area contributed by atoms with E-state index in [1.807, 2.05) is 19.1 Å². The van der Waals surface area contributed by atoms with Gasteiger partial charge in [-0.25, -0.2) is 0 Å². The van der Waals surface area contributed by atoms with Crippen LogP contribution in [0.4, 0.5) is 0 Å². The highest BCUT2D eigenvalue weighted by Crippen LogP contribution is 2.42. The van der Waals surface area contributed by atoms with Crippen LogP contribution in [0.1, 0.15) is 36.9 Å². The lowest BCUT2D eigenvalue weighted by Gasteiger charge is -2.29. The summed E-state index contributed by atoms with van der Waals surface area (Å²) in [6.07, 6.45) is 1.55. The number of amides is 1. The summed E-state index contributed by atoms with van der Waals surface area (Å²) in [5.41, 5.74) is 1.25. The minimum Gasteiger partial charge on any atom is -0.507 e. The highest BCUT2D eigenvalue weighted by Gasteiger charge is 2.46. The van der Waals surface area contributed by atoms with E-state index in [1.54, 1.807) is 48.4 Å². The number of carbonyl (C=O) groups excluding carboxylic acids is 2. The number of aliphatic hydroxyl groups is 1. The van der Waals surface area contributed by atoms with E-state index in [0.717, 1.165) is 26.1 Å². The second-order valence-electron chi connectivity index (χ2n) is 8.92. The standard InChI is InChI=1S/C28H34N2O6/c1-3-16-36-22-11-10-21(19-23(22)34-2)25-24(26(31)20-8-5-4-6-9-20)27(32)28(33)30(25)13-7-12-29-14-17-35-18-15-29/h4-6,8-11,19,25,31H,3,7,12-18H2,1-2H3/t25-/m1/s1. The molecule has 0 bridgehead atoms. The number of carbonyl (C=O) groups is 2. The van der Waals surface area contributed by atoms with Crippen molar-refractivity contribution in [2.45, 2.75) is 25.8 Å². The highest BCUT2D eigenvalue weighted by molar-refractivity contribution is 6.46. The molecule has 1 N–H and O–H groups in total. The predicted molar refractivity (Wildman–Crippen MR) is 136 cm³/mol. The first-order valence-electron chi connectivity index (χ1n) is 12.5. The number of benzene rings is 2. The Balaban J connectivity index is 1.69. The SMILES string of the molecule is CCCOc1ccc([C@@H]2C(=C(O)c3ccccc3)C(=O)C(=O)N2CCCN2CCOCC2)cc1OC. The highest BCUT2D eigenvalue weighted by atomic mass is 16.5. The Hall–Kier alpha value is -3.36. The predicted octanol–water partition coefficient (Wildman–Crippen LogP) is 3.63. The van der Waals surface area contributed by atoms with Crippen LogP contribution < -0.4 is 9.47 Å². The fourth-order valence-corrected chi connectivity index (χ4v) is 4.68. The van der Waals surface area contributed by atoms with E-state index < -0.39 is 17.7 Å². The number of Topliss-reactive ketones (excluding diaryl/α,β-unsaturated/α-hetero) is 1. The maximum Gasteiger partial charge on any atom is 0.295 e. The van der Waals surface area contributed by atoms with Crippen LogP contribution in [0.25, 0.3) is 5.76 Å². The molecule has 192 valence electrons. The monoisotopic (exact) mass is 494 g/mol. The lowest BCUT2D eigenvalue weighted by atomic mass is 9.95. The molecule has 2 aromatic carbocycles. The van der Waals surface area contributed by atoms with E-state index in [-0.39, 0.29) is 11.3 Å². The van der Waals surface area contributed by atoms with Crippen LogP contribution in [-0.4, -0.2) is 79.7 Å². The summed E-state index contributed by atoms with van der Waals surface area (Å²) in [5.74, 6) is -0.363. The van der Waals surface area contributed by atoms with Gasteiger partial charge in [0, 0.05) is 31.7 Å². The summed E-state index contributed by atoms with van der Waals surface area (Å²) in [6.45, 7) is 6.86. The number of ether oxygens (including phenoxy) is 3. The Labute approximate surface area is 212 Å². The molecule has 2 fully saturated rings. The van der Waals surface area contributed by atoms with Gasteiger partial charge in [-0.15, -0.1) is 0 Å². The second kappa shape index (κ2) is 12.1. The molecule has 8 nitrogen and oxygen atoms in total. The molecule has 0 saturated carbocycles. The first-order valence-corrected chi connectivity index (χ1v) is 12.5. The number of hydrogen-bond donors (Lipinski definition) is 1. The Morgan fingerprint density at radius 3 is 2.50 bits per heavy atom. The minimum absolute atomic E-state index is 0.0850. The van der Waals surface area contributed by atoms with Gasteiger partial charge in [-0.05, 0) is 30.5 Å². The van der Waals surface area contributed by atoms with Crippen LogP contribution in [0.2, 0.25) is 0 Å². The molecule has 1 amide bonds. The third kappa shape index (κ3) is 5.55. The van der Waals surface area contributed by atoms with E-state index in [9.17, 15) is 14.7 Å². The molecule has 8 heteroatoms. The first-order chi connectivity index (χ1) is 17.5. The number of rotatable bonds is 10. The van der Waals surface area contributed by atoms with Gasteiger partial charge in [-0.2, -0.15) is 0 Å². The summed E-state index contributed by atoms with van der Waals surface area (Å²) in [5, 5.41) is 11.2. The average Bonchev–Trinajstić information content (AvgIpc) is 3.17. The van der Waals surface area contributed by atoms with Crippen LogP contribution in [0.3, 0.4) is 0 Å². The van der Waals surface area contributed by atoms with Crippen LogP contribution in [0.15, 0.2) is 54.1 Å². The van der Waals surface area contributed by atoms with Crippen LogP contribution in [0, 0.1) is 0 Å². The summed E-state index contributed by atoms with van der Waals surface area (Å²) in [7, 11) is 1.56. The summed E-state index contributed by atoms with van der Waals surface area (Å²) in [6, 6.07) is 13.5. The normalized spacial score (nSPS) is 20.1. The fourth-order valence-electron chi connectivity index (χ4n) is 4.68. The number of aliphatic hydroxyl groups excluding tert-OH is 1. The van der Waals surface area contributed by atoms with Crippen molar-refractivity contribution in [1.29, 1.82) is 0 Å². The van der Waals surface area contributed by atoms with E-state index in [2.05, 4.69) is 4.90 Å². The molecule has 4 rings (SSSR count). The van der Waals surface area contributed by atoms with E-state index in [1.165, 1.54) is 0 Å². The van der Waals surface area contributed by atoms with Crippen molar-refractivity contribution in [1.82, 2.24) is 9.80 Å². The molecule has 1 atom stereocenters. The van der Waals surface area contributed by atoms with Crippen molar-refractivity contribution in [2.75, 3.05) is 53.1 Å². The molecule has 0 unspecified atom stereocenters. The third-order valence-electron chi connectivity index (χ3n) is 6.53. The summed E-state index contributed by atoms with van der Waals surface area (Å²) < 4.78 is 16.8. The molecule has 2 aliphatic heterocycles. The third-order valence-corrected chi connectivity index (χ3v) is 6.53. The van der Waals surface area contributed by atoms with Crippen molar-refractivity contribution in [2.24, 2.45) is 0 Å². The molecular weight excluding hydrogens is 460 g/mol. The molecule has 2 heterocycles. The molecule has 2 saturated heterocycles. The van der Waals surface area contributed by atoms with Crippen molar-refractivity contribution < 1.29 is 28.9 Å². The maximum atomic E-state index is 13.2. The van der Waals surface area contributed by atoms with Gasteiger partial charge in [0.15, 0.2) is 11.5 Å². The van der Waals surface area contributed by atoms with Gasteiger partial charge in [-0.3, -0.25) is 14.5 Å². The lowest BCUT2D eigenvalue weighted by molar-refractivity contribution is -0.140. The Morgan fingerprint density at radius 1 is 1.06 bits per heavy atom. The number of nitrogens with zero attached hydrogens (tertiary/aromatic N) is 2. The van der Waals surface area contributed by atoms with Gasteiger partial charge in [0.1, 0.15) is 5.76 Å². The number of morpholine rings is 1. The average molecular weight is 495 g/mol. The van der Waals surface area contributed by atoms with Gasteiger partial charge in [0.05, 0.1) is 38.5 Å². The zero-order valence-electron chi connectivity index (χ0n) is 20.9.